The average molecular weight is 298 g/mol. The van der Waals surface area contributed by atoms with Crippen LogP contribution >= 0.6 is 0 Å². The number of aryl methyl sites for hydroxylation is 1. The second-order valence-electron chi connectivity index (χ2n) is 5.07. The van der Waals surface area contributed by atoms with E-state index in [9.17, 15) is 8.78 Å². The van der Waals surface area contributed by atoms with Gasteiger partial charge in [0.1, 0.15) is 7.05 Å². The number of hydrogen-bond acceptors (Lipinski definition) is 1. The Bertz CT molecular complexity index is 864. The molecule has 2 nitrogen and oxygen atoms in total. The highest BCUT2D eigenvalue weighted by molar-refractivity contribution is 5.88. The Hall–Kier alpha value is -2.75. The minimum absolute atomic E-state index is 0.352. The molecule has 3 aromatic rings. The lowest BCUT2D eigenvalue weighted by Crippen LogP contribution is -2.28. The van der Waals surface area contributed by atoms with Crippen LogP contribution in [0.5, 0.6) is 5.75 Å². The van der Waals surface area contributed by atoms with Gasteiger partial charge >= 0.3 is 0 Å². The van der Waals surface area contributed by atoms with Gasteiger partial charge in [-0.2, -0.15) is 0 Å². The fraction of sp³-hybridized carbons (Fsp3) is 0.0556. The van der Waals surface area contributed by atoms with E-state index in [1.807, 2.05) is 48.1 Å². The number of para-hydroxylation sites is 1. The molecule has 0 aliphatic carbocycles. The van der Waals surface area contributed by atoms with Gasteiger partial charge in [0.05, 0.1) is 5.39 Å². The van der Waals surface area contributed by atoms with Crippen LogP contribution in [-0.4, -0.2) is 5.11 Å². The zero-order valence-electron chi connectivity index (χ0n) is 11.9. The molecule has 0 aliphatic heterocycles. The zero-order chi connectivity index (χ0) is 15.7. The lowest BCUT2D eigenvalue weighted by Gasteiger charge is -2.02. The molecule has 0 unspecified atom stereocenters. The summed E-state index contributed by atoms with van der Waals surface area (Å²) in [5.74, 6) is -2.89. The highest BCUT2D eigenvalue weighted by Gasteiger charge is 2.09. The number of hydrogen-bond donors (Lipinski definition) is 1. The number of fused-ring (bicyclic) bond motifs is 1. The summed E-state index contributed by atoms with van der Waals surface area (Å²) in [6.45, 7) is 0. The van der Waals surface area contributed by atoms with Gasteiger partial charge in [-0.25, -0.2) is 13.3 Å². The van der Waals surface area contributed by atoms with Crippen molar-refractivity contribution in [3.63, 3.8) is 0 Å². The summed E-state index contributed by atoms with van der Waals surface area (Å²) >= 11 is 0. The fourth-order valence-corrected chi connectivity index (χ4v) is 2.40. The lowest BCUT2D eigenvalue weighted by molar-refractivity contribution is -0.644. The molecule has 0 atom stereocenters. The third-order valence-electron chi connectivity index (χ3n) is 3.57. The summed E-state index contributed by atoms with van der Waals surface area (Å²) < 4.78 is 28.7. The third-order valence-corrected chi connectivity index (χ3v) is 3.57. The Balaban J connectivity index is 2.05. The molecule has 0 saturated heterocycles. The van der Waals surface area contributed by atoms with Gasteiger partial charge in [-0.15, -0.1) is 0 Å². The average Bonchev–Trinajstić information content (AvgIpc) is 2.52. The molecule has 22 heavy (non-hydrogen) atoms. The number of benzene rings is 2. The minimum atomic E-state index is -0.969. The van der Waals surface area contributed by atoms with Crippen LogP contribution in [0.4, 0.5) is 8.78 Å². The predicted molar refractivity (Wildman–Crippen MR) is 82.1 cm³/mol. The van der Waals surface area contributed by atoms with Crippen LogP contribution in [-0.2, 0) is 7.05 Å². The summed E-state index contributed by atoms with van der Waals surface area (Å²) in [4.78, 5) is 0. The van der Waals surface area contributed by atoms with Crippen LogP contribution in [0, 0.1) is 11.6 Å². The molecule has 0 bridgehead atoms. The Kier molecular flexibility index (Phi) is 3.59. The topological polar surface area (TPSA) is 24.1 Å². The van der Waals surface area contributed by atoms with Crippen molar-refractivity contribution in [3.05, 3.63) is 71.4 Å². The van der Waals surface area contributed by atoms with Gasteiger partial charge in [-0.1, -0.05) is 24.3 Å². The van der Waals surface area contributed by atoms with Gasteiger partial charge in [0.15, 0.2) is 23.6 Å². The van der Waals surface area contributed by atoms with Gasteiger partial charge in [0.2, 0.25) is 5.52 Å². The standard InChI is InChI=1S/C18H13F2NO/c1-21-9-8-13(14-4-2-3-5-17(14)21)7-6-12-10-15(19)18(22)16(20)11-12/h2-11H,1H3/p+1. The lowest BCUT2D eigenvalue weighted by atomic mass is 10.1. The van der Waals surface area contributed by atoms with E-state index in [-0.39, 0.29) is 0 Å². The Labute approximate surface area is 126 Å². The molecule has 110 valence electrons. The van der Waals surface area contributed by atoms with Crippen LogP contribution in [0.15, 0.2) is 48.7 Å². The van der Waals surface area contributed by atoms with Gasteiger partial charge in [0.25, 0.3) is 0 Å². The molecule has 3 rings (SSSR count). The van der Waals surface area contributed by atoms with E-state index in [1.54, 1.807) is 12.2 Å². The monoisotopic (exact) mass is 298 g/mol. The van der Waals surface area contributed by atoms with Crippen molar-refractivity contribution in [2.75, 3.05) is 0 Å². The number of halogens is 2. The van der Waals surface area contributed by atoms with Crippen molar-refractivity contribution in [3.8, 4) is 5.75 Å². The maximum absolute atomic E-state index is 13.3. The number of aromatic hydroxyl groups is 1. The van der Waals surface area contributed by atoms with E-state index in [4.69, 9.17) is 5.11 Å². The van der Waals surface area contributed by atoms with E-state index in [0.29, 0.717) is 5.56 Å². The highest BCUT2D eigenvalue weighted by atomic mass is 19.1. The number of pyridine rings is 1. The molecule has 0 spiro atoms. The molecule has 0 fully saturated rings. The van der Waals surface area contributed by atoms with Crippen LogP contribution in [0.1, 0.15) is 11.1 Å². The molecule has 0 radical (unpaired) electrons. The Morgan fingerprint density at radius 1 is 1.00 bits per heavy atom. The molecule has 1 aromatic heterocycles. The minimum Gasteiger partial charge on any atom is -0.503 e. The first-order valence-corrected chi connectivity index (χ1v) is 6.80. The molecular formula is C18H14F2NO+. The van der Waals surface area contributed by atoms with Crippen molar-refractivity contribution in [1.82, 2.24) is 0 Å². The second kappa shape index (κ2) is 5.56. The summed E-state index contributed by atoms with van der Waals surface area (Å²) in [6, 6.07) is 12.0. The van der Waals surface area contributed by atoms with E-state index in [0.717, 1.165) is 28.6 Å². The number of phenolic OH excluding ortho intramolecular Hbond substituents is 1. The first-order valence-electron chi connectivity index (χ1n) is 6.80. The number of aromatic nitrogens is 1. The van der Waals surface area contributed by atoms with Gasteiger partial charge < -0.3 is 5.11 Å². The first-order chi connectivity index (χ1) is 10.6. The molecular weight excluding hydrogens is 284 g/mol. The number of rotatable bonds is 2. The van der Waals surface area contributed by atoms with Gasteiger partial charge in [-0.05, 0) is 29.3 Å². The van der Waals surface area contributed by atoms with Crippen LogP contribution in [0.3, 0.4) is 0 Å². The van der Waals surface area contributed by atoms with E-state index in [2.05, 4.69) is 0 Å². The summed E-state index contributed by atoms with van der Waals surface area (Å²) in [5.41, 5.74) is 2.36. The summed E-state index contributed by atoms with van der Waals surface area (Å²) in [7, 11) is 1.96. The van der Waals surface area contributed by atoms with Crippen molar-refractivity contribution in [2.24, 2.45) is 7.05 Å². The Morgan fingerprint density at radius 3 is 2.41 bits per heavy atom. The smallest absolute Gasteiger partial charge is 0.212 e. The van der Waals surface area contributed by atoms with E-state index in [1.165, 1.54) is 0 Å². The normalized spacial score (nSPS) is 11.4. The van der Waals surface area contributed by atoms with Gasteiger partial charge in [0, 0.05) is 12.1 Å². The molecule has 4 heteroatoms. The SMILES string of the molecule is C[n+]1ccc(/C=C/c2cc(F)c(O)c(F)c2)c2ccccc21. The molecule has 1 N–H and O–H groups in total. The van der Waals surface area contributed by atoms with Crippen LogP contribution in [0.2, 0.25) is 0 Å². The van der Waals surface area contributed by atoms with E-state index < -0.39 is 17.4 Å². The van der Waals surface area contributed by atoms with Crippen LogP contribution in [0.25, 0.3) is 23.1 Å². The Morgan fingerprint density at radius 2 is 1.68 bits per heavy atom. The number of phenols is 1. The molecule has 0 saturated carbocycles. The number of nitrogens with zero attached hydrogens (tertiary/aromatic N) is 1. The predicted octanol–water partition coefficient (Wildman–Crippen LogP) is 3.82. The quantitative estimate of drug-likeness (QED) is 0.715. The highest BCUT2D eigenvalue weighted by Crippen LogP contribution is 2.23. The van der Waals surface area contributed by atoms with Crippen molar-refractivity contribution in [1.29, 1.82) is 0 Å². The zero-order valence-corrected chi connectivity index (χ0v) is 11.9. The molecule has 0 aliphatic rings. The van der Waals surface area contributed by atoms with Gasteiger partial charge in [-0.3, -0.25) is 0 Å². The van der Waals surface area contributed by atoms with Crippen LogP contribution < -0.4 is 4.57 Å². The maximum atomic E-state index is 13.3. The molecule has 0 amide bonds. The van der Waals surface area contributed by atoms with Crippen molar-refractivity contribution >= 4 is 23.1 Å². The van der Waals surface area contributed by atoms with Crippen molar-refractivity contribution in [2.45, 2.75) is 0 Å². The largest absolute Gasteiger partial charge is 0.503 e. The van der Waals surface area contributed by atoms with Crippen molar-refractivity contribution < 1.29 is 18.5 Å². The molecule has 2 aromatic carbocycles. The maximum Gasteiger partial charge on any atom is 0.212 e. The van der Waals surface area contributed by atoms with E-state index >= 15 is 0 Å². The third kappa shape index (κ3) is 2.55. The fourth-order valence-electron chi connectivity index (χ4n) is 2.40. The summed E-state index contributed by atoms with van der Waals surface area (Å²) in [5, 5.41) is 10.2. The molecule has 1 heterocycles. The second-order valence-corrected chi connectivity index (χ2v) is 5.07. The summed E-state index contributed by atoms with van der Waals surface area (Å²) in [6.07, 6.45) is 5.35. The first kappa shape index (κ1) is 14.2.